The molecule has 0 spiro atoms. The van der Waals surface area contributed by atoms with Gasteiger partial charge in [0.25, 0.3) is 0 Å². The van der Waals surface area contributed by atoms with Crippen molar-refractivity contribution in [2.45, 2.75) is 51.7 Å². The number of likely N-dealkylation sites (tertiary alicyclic amines) is 1. The summed E-state index contributed by atoms with van der Waals surface area (Å²) in [5, 5.41) is 3.68. The van der Waals surface area contributed by atoms with Crippen molar-refractivity contribution in [3.63, 3.8) is 0 Å². The van der Waals surface area contributed by atoms with Gasteiger partial charge in [-0.15, -0.1) is 0 Å². The SMILES string of the molecule is COc1ccc(CNC2CCN(C(C)(C)C)CC2)cc1OC. The molecule has 1 saturated heterocycles. The minimum atomic E-state index is 0.286. The molecule has 0 unspecified atom stereocenters. The van der Waals surface area contributed by atoms with Crippen molar-refractivity contribution in [3.8, 4) is 11.5 Å². The summed E-state index contributed by atoms with van der Waals surface area (Å²) < 4.78 is 10.6. The van der Waals surface area contributed by atoms with Crippen LogP contribution >= 0.6 is 0 Å². The molecule has 1 aromatic carbocycles. The molecule has 22 heavy (non-hydrogen) atoms. The maximum Gasteiger partial charge on any atom is 0.161 e. The van der Waals surface area contributed by atoms with Crippen molar-refractivity contribution in [1.29, 1.82) is 0 Å². The van der Waals surface area contributed by atoms with Crippen LogP contribution in [-0.2, 0) is 6.54 Å². The van der Waals surface area contributed by atoms with Crippen molar-refractivity contribution in [2.75, 3.05) is 27.3 Å². The standard InChI is InChI=1S/C18H30N2O2/c1-18(2,3)20-10-8-15(9-11-20)19-13-14-6-7-16(21-4)17(12-14)22-5/h6-7,12,15,19H,8-11,13H2,1-5H3. The number of benzene rings is 1. The van der Waals surface area contributed by atoms with E-state index in [2.05, 4.69) is 43.1 Å². The summed E-state index contributed by atoms with van der Waals surface area (Å²) >= 11 is 0. The predicted octanol–water partition coefficient (Wildman–Crippen LogP) is 3.06. The zero-order valence-electron chi connectivity index (χ0n) is 14.6. The van der Waals surface area contributed by atoms with E-state index in [1.807, 2.05) is 6.07 Å². The van der Waals surface area contributed by atoms with Gasteiger partial charge in [-0.25, -0.2) is 0 Å². The van der Waals surface area contributed by atoms with Crippen LogP contribution in [0.2, 0.25) is 0 Å². The third kappa shape index (κ3) is 4.37. The van der Waals surface area contributed by atoms with Gasteiger partial charge in [0.05, 0.1) is 14.2 Å². The fraction of sp³-hybridized carbons (Fsp3) is 0.667. The van der Waals surface area contributed by atoms with E-state index in [1.165, 1.54) is 31.5 Å². The smallest absolute Gasteiger partial charge is 0.161 e. The molecule has 4 nitrogen and oxygen atoms in total. The molecule has 1 N–H and O–H groups in total. The van der Waals surface area contributed by atoms with Crippen molar-refractivity contribution >= 4 is 0 Å². The Labute approximate surface area is 134 Å². The highest BCUT2D eigenvalue weighted by Crippen LogP contribution is 2.27. The molecular weight excluding hydrogens is 276 g/mol. The average Bonchev–Trinajstić information content (AvgIpc) is 2.52. The predicted molar refractivity (Wildman–Crippen MR) is 90.7 cm³/mol. The third-order valence-electron chi connectivity index (χ3n) is 4.49. The van der Waals surface area contributed by atoms with Gasteiger partial charge < -0.3 is 14.8 Å². The molecule has 0 aromatic heterocycles. The van der Waals surface area contributed by atoms with Crippen molar-refractivity contribution < 1.29 is 9.47 Å². The quantitative estimate of drug-likeness (QED) is 0.906. The van der Waals surface area contributed by atoms with E-state index in [9.17, 15) is 0 Å². The molecule has 4 heteroatoms. The largest absolute Gasteiger partial charge is 0.493 e. The van der Waals surface area contributed by atoms with Gasteiger partial charge in [0.15, 0.2) is 11.5 Å². The number of rotatable bonds is 5. The first-order valence-corrected chi connectivity index (χ1v) is 8.13. The minimum absolute atomic E-state index is 0.286. The fourth-order valence-corrected chi connectivity index (χ4v) is 3.01. The first-order chi connectivity index (χ1) is 10.4. The molecule has 0 aliphatic carbocycles. The highest BCUT2D eigenvalue weighted by atomic mass is 16.5. The zero-order valence-corrected chi connectivity index (χ0v) is 14.6. The number of hydrogen-bond donors (Lipinski definition) is 1. The van der Waals surface area contributed by atoms with Crippen LogP contribution in [0.3, 0.4) is 0 Å². The van der Waals surface area contributed by atoms with E-state index in [-0.39, 0.29) is 5.54 Å². The molecule has 1 aromatic rings. The van der Waals surface area contributed by atoms with Gasteiger partial charge in [0.1, 0.15) is 0 Å². The lowest BCUT2D eigenvalue weighted by molar-refractivity contribution is 0.0960. The third-order valence-corrected chi connectivity index (χ3v) is 4.49. The maximum absolute atomic E-state index is 5.36. The van der Waals surface area contributed by atoms with Crippen molar-refractivity contribution in [2.24, 2.45) is 0 Å². The summed E-state index contributed by atoms with van der Waals surface area (Å²) in [4.78, 5) is 2.57. The highest BCUT2D eigenvalue weighted by Gasteiger charge is 2.26. The number of nitrogens with zero attached hydrogens (tertiary/aromatic N) is 1. The monoisotopic (exact) mass is 306 g/mol. The second-order valence-corrected chi connectivity index (χ2v) is 7.00. The summed E-state index contributed by atoms with van der Waals surface area (Å²) in [6, 6.07) is 6.72. The Morgan fingerprint density at radius 3 is 2.27 bits per heavy atom. The van der Waals surface area contributed by atoms with Gasteiger partial charge in [-0.05, 0) is 51.3 Å². The molecule has 0 saturated carbocycles. The van der Waals surface area contributed by atoms with Crippen LogP contribution < -0.4 is 14.8 Å². The van der Waals surface area contributed by atoms with E-state index in [0.29, 0.717) is 6.04 Å². The lowest BCUT2D eigenvalue weighted by atomic mass is 9.98. The van der Waals surface area contributed by atoms with Crippen LogP contribution in [0, 0.1) is 0 Å². The van der Waals surface area contributed by atoms with Crippen molar-refractivity contribution in [1.82, 2.24) is 10.2 Å². The van der Waals surface area contributed by atoms with Crippen LogP contribution in [0.25, 0.3) is 0 Å². The molecule has 124 valence electrons. The molecule has 1 heterocycles. The fourth-order valence-electron chi connectivity index (χ4n) is 3.01. The summed E-state index contributed by atoms with van der Waals surface area (Å²) in [5.74, 6) is 1.58. The minimum Gasteiger partial charge on any atom is -0.493 e. The zero-order chi connectivity index (χ0) is 16.2. The summed E-state index contributed by atoms with van der Waals surface area (Å²) in [7, 11) is 3.34. The lowest BCUT2D eigenvalue weighted by Crippen LogP contribution is -2.49. The van der Waals surface area contributed by atoms with Crippen LogP contribution in [0.4, 0.5) is 0 Å². The van der Waals surface area contributed by atoms with Crippen LogP contribution in [-0.4, -0.2) is 43.8 Å². The Kier molecular flexibility index (Phi) is 5.70. The molecule has 1 aliphatic heterocycles. The first-order valence-electron chi connectivity index (χ1n) is 8.13. The summed E-state index contributed by atoms with van der Waals surface area (Å²) in [6.45, 7) is 10.1. The Morgan fingerprint density at radius 2 is 1.73 bits per heavy atom. The van der Waals surface area contributed by atoms with Crippen LogP contribution in [0.1, 0.15) is 39.2 Å². The Morgan fingerprint density at radius 1 is 1.09 bits per heavy atom. The average molecular weight is 306 g/mol. The van der Waals surface area contributed by atoms with Gasteiger partial charge in [-0.2, -0.15) is 0 Å². The van der Waals surface area contributed by atoms with E-state index >= 15 is 0 Å². The van der Waals surface area contributed by atoms with Crippen molar-refractivity contribution in [3.05, 3.63) is 23.8 Å². The Hall–Kier alpha value is -1.26. The Balaban J connectivity index is 1.84. The lowest BCUT2D eigenvalue weighted by Gasteiger charge is -2.41. The van der Waals surface area contributed by atoms with Gasteiger partial charge in [-0.1, -0.05) is 6.07 Å². The highest BCUT2D eigenvalue weighted by molar-refractivity contribution is 5.42. The molecule has 0 radical (unpaired) electrons. The molecule has 1 fully saturated rings. The number of hydrogen-bond acceptors (Lipinski definition) is 4. The second-order valence-electron chi connectivity index (χ2n) is 7.00. The molecule has 1 aliphatic rings. The number of piperidine rings is 1. The molecule has 2 rings (SSSR count). The van der Waals surface area contributed by atoms with Gasteiger partial charge >= 0.3 is 0 Å². The molecule has 0 atom stereocenters. The normalized spacial score (nSPS) is 17.5. The van der Waals surface area contributed by atoms with Gasteiger partial charge in [-0.3, -0.25) is 4.90 Å². The molecular formula is C18H30N2O2. The topological polar surface area (TPSA) is 33.7 Å². The first kappa shape index (κ1) is 17.1. The molecule has 0 amide bonds. The Bertz CT molecular complexity index is 474. The van der Waals surface area contributed by atoms with Crippen LogP contribution in [0.5, 0.6) is 11.5 Å². The van der Waals surface area contributed by atoms with E-state index in [0.717, 1.165) is 18.0 Å². The van der Waals surface area contributed by atoms with Gasteiger partial charge in [0, 0.05) is 31.2 Å². The van der Waals surface area contributed by atoms with Gasteiger partial charge in [0.2, 0.25) is 0 Å². The number of methoxy groups -OCH3 is 2. The van der Waals surface area contributed by atoms with E-state index in [1.54, 1.807) is 14.2 Å². The summed E-state index contributed by atoms with van der Waals surface area (Å²) in [6.07, 6.45) is 2.43. The molecule has 0 bridgehead atoms. The van der Waals surface area contributed by atoms with Crippen LogP contribution in [0.15, 0.2) is 18.2 Å². The summed E-state index contributed by atoms with van der Waals surface area (Å²) in [5.41, 5.74) is 1.52. The van der Waals surface area contributed by atoms with E-state index in [4.69, 9.17) is 9.47 Å². The number of nitrogens with one attached hydrogen (secondary N) is 1. The van der Waals surface area contributed by atoms with E-state index < -0.39 is 0 Å². The number of ether oxygens (including phenoxy) is 2. The second kappa shape index (κ2) is 7.34. The maximum atomic E-state index is 5.36.